The van der Waals surface area contributed by atoms with E-state index in [0.717, 1.165) is 31.1 Å². The number of piperidine rings is 1. The molecule has 2 N–H and O–H groups in total. The second-order valence-corrected chi connectivity index (χ2v) is 7.35. The highest BCUT2D eigenvalue weighted by molar-refractivity contribution is 7.09. The Bertz CT molecular complexity index is 641. The molecule has 2 aromatic heterocycles. The lowest BCUT2D eigenvalue weighted by molar-refractivity contribution is 0.166. The van der Waals surface area contributed by atoms with Crippen LogP contribution in [0, 0.1) is 12.8 Å². The molecule has 0 aliphatic carbocycles. The first-order valence-corrected chi connectivity index (χ1v) is 9.25. The summed E-state index contributed by atoms with van der Waals surface area (Å²) in [6, 6.07) is 5.96. The SMILES string of the molecule is Cc1cc(CNC(=O)NC[C@@H]2CCCN(Cc3cccs3)C2)no1. The Morgan fingerprint density at radius 2 is 2.42 bits per heavy atom. The predicted molar refractivity (Wildman–Crippen MR) is 93.8 cm³/mol. The van der Waals surface area contributed by atoms with Crippen LogP contribution >= 0.6 is 11.3 Å². The predicted octanol–water partition coefficient (Wildman–Crippen LogP) is 2.76. The zero-order chi connectivity index (χ0) is 16.8. The molecule has 2 aromatic rings. The first-order valence-electron chi connectivity index (χ1n) is 8.37. The van der Waals surface area contributed by atoms with E-state index < -0.39 is 0 Å². The van der Waals surface area contributed by atoms with Crippen molar-refractivity contribution in [1.29, 1.82) is 0 Å². The van der Waals surface area contributed by atoms with Gasteiger partial charge in [-0.1, -0.05) is 11.2 Å². The van der Waals surface area contributed by atoms with E-state index in [1.54, 1.807) is 0 Å². The molecule has 6 nitrogen and oxygen atoms in total. The van der Waals surface area contributed by atoms with Crippen molar-refractivity contribution in [3.63, 3.8) is 0 Å². The van der Waals surface area contributed by atoms with Crippen molar-refractivity contribution < 1.29 is 9.32 Å². The average molecular weight is 348 g/mol. The van der Waals surface area contributed by atoms with E-state index in [0.29, 0.717) is 19.0 Å². The van der Waals surface area contributed by atoms with Crippen LogP contribution < -0.4 is 10.6 Å². The van der Waals surface area contributed by atoms with Crippen molar-refractivity contribution in [3.05, 3.63) is 39.9 Å². The summed E-state index contributed by atoms with van der Waals surface area (Å²) in [6.45, 7) is 6.14. The summed E-state index contributed by atoms with van der Waals surface area (Å²) in [5.41, 5.74) is 0.738. The molecule has 1 atom stereocenters. The van der Waals surface area contributed by atoms with Crippen LogP contribution in [0.15, 0.2) is 28.1 Å². The number of nitrogens with one attached hydrogen (secondary N) is 2. The van der Waals surface area contributed by atoms with Gasteiger partial charge in [-0.15, -0.1) is 11.3 Å². The molecule has 0 bridgehead atoms. The number of rotatable bonds is 6. The van der Waals surface area contributed by atoms with Crippen LogP contribution in [0.3, 0.4) is 0 Å². The standard InChI is InChI=1S/C17H24N4O2S/c1-13-8-15(20-23-13)10-19-17(22)18-9-14-4-2-6-21(11-14)12-16-5-3-7-24-16/h3,5,7-8,14H,2,4,6,9-12H2,1H3,(H2,18,19,22)/t14-/m0/s1. The Labute approximate surface area is 146 Å². The Hall–Kier alpha value is -1.86. The molecule has 3 rings (SSSR count). The first kappa shape index (κ1) is 17.0. The molecule has 0 aromatic carbocycles. The highest BCUT2D eigenvalue weighted by atomic mass is 32.1. The Morgan fingerprint density at radius 1 is 1.50 bits per heavy atom. The summed E-state index contributed by atoms with van der Waals surface area (Å²) in [6.07, 6.45) is 2.36. The van der Waals surface area contributed by atoms with Crippen molar-refractivity contribution in [1.82, 2.24) is 20.7 Å². The van der Waals surface area contributed by atoms with E-state index in [2.05, 4.69) is 38.2 Å². The lowest BCUT2D eigenvalue weighted by atomic mass is 9.98. The lowest BCUT2D eigenvalue weighted by Crippen LogP contribution is -2.43. The number of likely N-dealkylation sites (tertiary alicyclic amines) is 1. The molecule has 130 valence electrons. The number of amides is 2. The molecule has 0 unspecified atom stereocenters. The number of nitrogens with zero attached hydrogens (tertiary/aromatic N) is 2. The zero-order valence-corrected chi connectivity index (χ0v) is 14.8. The van der Waals surface area contributed by atoms with Crippen LogP contribution in [0.5, 0.6) is 0 Å². The van der Waals surface area contributed by atoms with Gasteiger partial charge in [0.15, 0.2) is 0 Å². The fourth-order valence-electron chi connectivity index (χ4n) is 3.06. The van der Waals surface area contributed by atoms with Gasteiger partial charge < -0.3 is 15.2 Å². The van der Waals surface area contributed by atoms with Crippen LogP contribution in [-0.2, 0) is 13.1 Å². The van der Waals surface area contributed by atoms with E-state index in [1.807, 2.05) is 24.3 Å². The molecule has 1 aliphatic rings. The minimum atomic E-state index is -0.147. The van der Waals surface area contributed by atoms with Crippen molar-refractivity contribution in [2.75, 3.05) is 19.6 Å². The van der Waals surface area contributed by atoms with Crippen molar-refractivity contribution >= 4 is 17.4 Å². The summed E-state index contributed by atoms with van der Waals surface area (Å²) in [5, 5.41) is 11.8. The van der Waals surface area contributed by atoms with Crippen LogP contribution in [0.25, 0.3) is 0 Å². The van der Waals surface area contributed by atoms with Crippen molar-refractivity contribution in [2.24, 2.45) is 5.92 Å². The number of thiophene rings is 1. The summed E-state index contributed by atoms with van der Waals surface area (Å²) < 4.78 is 4.98. The maximum atomic E-state index is 11.9. The molecule has 0 radical (unpaired) electrons. The molecule has 0 spiro atoms. The molecular formula is C17H24N4O2S. The maximum absolute atomic E-state index is 11.9. The van der Waals surface area contributed by atoms with Gasteiger partial charge >= 0.3 is 6.03 Å². The van der Waals surface area contributed by atoms with Gasteiger partial charge in [0, 0.05) is 30.6 Å². The molecule has 1 aliphatic heterocycles. The highest BCUT2D eigenvalue weighted by Gasteiger charge is 2.20. The number of hydrogen-bond acceptors (Lipinski definition) is 5. The Kier molecular flexibility index (Phi) is 5.87. The fourth-order valence-corrected chi connectivity index (χ4v) is 3.80. The zero-order valence-electron chi connectivity index (χ0n) is 14.0. The minimum Gasteiger partial charge on any atom is -0.361 e. The molecule has 3 heterocycles. The average Bonchev–Trinajstić information content (AvgIpc) is 3.23. The fraction of sp³-hybridized carbons (Fsp3) is 0.529. The summed E-state index contributed by atoms with van der Waals surface area (Å²) >= 11 is 1.81. The lowest BCUT2D eigenvalue weighted by Gasteiger charge is -2.32. The summed E-state index contributed by atoms with van der Waals surface area (Å²) in [4.78, 5) is 15.8. The van der Waals surface area contributed by atoms with E-state index in [-0.39, 0.29) is 6.03 Å². The number of aryl methyl sites for hydroxylation is 1. The summed E-state index contributed by atoms with van der Waals surface area (Å²) in [5.74, 6) is 1.26. The van der Waals surface area contributed by atoms with Gasteiger partial charge in [0.25, 0.3) is 0 Å². The maximum Gasteiger partial charge on any atom is 0.315 e. The van der Waals surface area contributed by atoms with Gasteiger partial charge in [-0.3, -0.25) is 4.90 Å². The number of carbonyl (C=O) groups is 1. The van der Waals surface area contributed by atoms with Gasteiger partial charge in [-0.05, 0) is 43.7 Å². The van der Waals surface area contributed by atoms with Crippen LogP contribution in [0.4, 0.5) is 4.79 Å². The van der Waals surface area contributed by atoms with Gasteiger partial charge in [0.1, 0.15) is 11.5 Å². The third kappa shape index (κ3) is 5.07. The second-order valence-electron chi connectivity index (χ2n) is 6.32. The quantitative estimate of drug-likeness (QED) is 0.842. The monoisotopic (exact) mass is 348 g/mol. The van der Waals surface area contributed by atoms with Gasteiger partial charge in [0.2, 0.25) is 0 Å². The first-order chi connectivity index (χ1) is 11.7. The molecule has 7 heteroatoms. The number of carbonyl (C=O) groups excluding carboxylic acids is 1. The normalized spacial score (nSPS) is 18.5. The van der Waals surface area contributed by atoms with Gasteiger partial charge in [-0.2, -0.15) is 0 Å². The molecule has 0 saturated carbocycles. The smallest absolute Gasteiger partial charge is 0.315 e. The van der Waals surface area contributed by atoms with Crippen LogP contribution in [0.2, 0.25) is 0 Å². The molecule has 2 amide bonds. The number of urea groups is 1. The number of aromatic nitrogens is 1. The Morgan fingerprint density at radius 3 is 3.17 bits per heavy atom. The summed E-state index contributed by atoms with van der Waals surface area (Å²) in [7, 11) is 0. The van der Waals surface area contributed by atoms with Gasteiger partial charge in [0.05, 0.1) is 6.54 Å². The number of hydrogen-bond donors (Lipinski definition) is 2. The van der Waals surface area contributed by atoms with Crippen molar-refractivity contribution in [3.8, 4) is 0 Å². The second kappa shape index (κ2) is 8.30. The molecule has 1 fully saturated rings. The topological polar surface area (TPSA) is 70.4 Å². The van der Waals surface area contributed by atoms with Crippen LogP contribution in [-0.4, -0.2) is 35.7 Å². The van der Waals surface area contributed by atoms with Crippen molar-refractivity contribution in [2.45, 2.75) is 32.9 Å². The molecular weight excluding hydrogens is 324 g/mol. The largest absolute Gasteiger partial charge is 0.361 e. The molecule has 1 saturated heterocycles. The molecule has 24 heavy (non-hydrogen) atoms. The van der Waals surface area contributed by atoms with E-state index in [1.165, 1.54) is 17.7 Å². The van der Waals surface area contributed by atoms with E-state index in [4.69, 9.17) is 4.52 Å². The third-order valence-corrected chi connectivity index (χ3v) is 5.08. The Balaban J connectivity index is 1.36. The van der Waals surface area contributed by atoms with E-state index in [9.17, 15) is 4.79 Å². The van der Waals surface area contributed by atoms with Gasteiger partial charge in [-0.25, -0.2) is 4.79 Å². The minimum absolute atomic E-state index is 0.147. The third-order valence-electron chi connectivity index (χ3n) is 4.22. The highest BCUT2D eigenvalue weighted by Crippen LogP contribution is 2.19. The van der Waals surface area contributed by atoms with Crippen LogP contribution in [0.1, 0.15) is 29.2 Å². The van der Waals surface area contributed by atoms with E-state index >= 15 is 0 Å².